The number of carbonyl (C=O) groups excluding carboxylic acids is 5. The molecule has 68 heavy (non-hydrogen) atoms. The third kappa shape index (κ3) is 10.1. The van der Waals surface area contributed by atoms with Crippen molar-refractivity contribution in [1.82, 2.24) is 40.4 Å². The Morgan fingerprint density at radius 3 is 2.53 bits per heavy atom. The van der Waals surface area contributed by atoms with Gasteiger partial charge in [0.1, 0.15) is 23.9 Å². The van der Waals surface area contributed by atoms with Crippen LogP contribution in [0.15, 0.2) is 54.7 Å². The van der Waals surface area contributed by atoms with E-state index in [0.717, 1.165) is 44.5 Å². The lowest BCUT2D eigenvalue weighted by atomic mass is 9.84. The Kier molecular flexibility index (Phi) is 14.3. The summed E-state index contributed by atoms with van der Waals surface area (Å²) >= 11 is 0. The Morgan fingerprint density at radius 1 is 1.04 bits per heavy atom. The number of ether oxygens (including phenoxy) is 2. The van der Waals surface area contributed by atoms with Crippen molar-refractivity contribution in [2.75, 3.05) is 46.9 Å². The van der Waals surface area contributed by atoms with E-state index in [1.165, 1.54) is 9.91 Å². The molecule has 16 heteroatoms. The maximum absolute atomic E-state index is 14.8. The second kappa shape index (κ2) is 20.0. The Balaban J connectivity index is 1.18. The van der Waals surface area contributed by atoms with Crippen LogP contribution in [-0.2, 0) is 52.8 Å². The number of fused-ring (bicyclic) bond motifs is 6. The lowest BCUT2D eigenvalue weighted by Crippen LogP contribution is -2.62. The van der Waals surface area contributed by atoms with E-state index in [4.69, 9.17) is 14.5 Å². The number of carbonyl (C=O) groups is 5. The third-order valence-corrected chi connectivity index (χ3v) is 14.1. The summed E-state index contributed by atoms with van der Waals surface area (Å²) in [4.78, 5) is 78.5. The number of hydrogen-bond donors (Lipinski definition) is 4. The smallest absolute Gasteiger partial charge is 0.324 e. The van der Waals surface area contributed by atoms with Gasteiger partial charge in [-0.1, -0.05) is 39.8 Å². The number of nitrogens with one attached hydrogen (secondary N) is 3. The molecule has 6 atom stereocenters. The van der Waals surface area contributed by atoms with E-state index in [1.54, 1.807) is 37.4 Å². The van der Waals surface area contributed by atoms with E-state index in [2.05, 4.69) is 59.6 Å². The first-order valence-corrected chi connectivity index (χ1v) is 24.3. The molecule has 3 saturated heterocycles. The average molecular weight is 933 g/mol. The number of likely N-dealkylation sites (N-methyl/N-ethyl adjacent to an activating group) is 1. The second-order valence-corrected chi connectivity index (χ2v) is 20.3. The number of phenolic OH excluding ortho intramolecular Hbond substituents is 1. The fourth-order valence-corrected chi connectivity index (χ4v) is 10.5. The van der Waals surface area contributed by atoms with Gasteiger partial charge >= 0.3 is 5.97 Å². The van der Waals surface area contributed by atoms with Gasteiger partial charge in [0.2, 0.25) is 17.7 Å². The molecule has 6 bridgehead atoms. The summed E-state index contributed by atoms with van der Waals surface area (Å²) < 4.78 is 14.2. The van der Waals surface area contributed by atoms with Gasteiger partial charge in [-0.25, -0.2) is 5.43 Å². The molecule has 0 radical (unpaired) electrons. The van der Waals surface area contributed by atoms with Gasteiger partial charge in [0, 0.05) is 81.4 Å². The van der Waals surface area contributed by atoms with Gasteiger partial charge < -0.3 is 39.6 Å². The predicted molar refractivity (Wildman–Crippen MR) is 258 cm³/mol. The van der Waals surface area contributed by atoms with Gasteiger partial charge in [-0.3, -0.25) is 34.0 Å². The molecule has 16 nitrogen and oxygen atoms in total. The van der Waals surface area contributed by atoms with Gasteiger partial charge in [0.05, 0.1) is 36.1 Å². The number of nitrogens with zero attached hydrogens (tertiary/aromatic N) is 5. The molecule has 3 fully saturated rings. The highest BCUT2D eigenvalue weighted by Crippen LogP contribution is 2.42. The summed E-state index contributed by atoms with van der Waals surface area (Å²) in [5.41, 5.74) is 9.58. The van der Waals surface area contributed by atoms with Gasteiger partial charge in [0.15, 0.2) is 0 Å². The molecule has 2 aromatic carbocycles. The summed E-state index contributed by atoms with van der Waals surface area (Å²) in [6.07, 6.45) is 4.26. The van der Waals surface area contributed by atoms with E-state index in [0.29, 0.717) is 57.3 Å². The van der Waals surface area contributed by atoms with Crippen molar-refractivity contribution in [2.45, 2.75) is 117 Å². The third-order valence-electron chi connectivity index (χ3n) is 14.1. The number of piperidine rings is 1. The number of likely N-dealkylation sites (tertiary alicyclic amines) is 1. The molecule has 4 aromatic rings. The largest absolute Gasteiger partial charge is 0.508 e. The number of amides is 4. The summed E-state index contributed by atoms with van der Waals surface area (Å²) in [6.45, 7) is 14.5. The number of aromatic nitrogens is 2. The Labute approximate surface area is 399 Å². The van der Waals surface area contributed by atoms with Gasteiger partial charge in [-0.2, -0.15) is 0 Å². The van der Waals surface area contributed by atoms with E-state index in [9.17, 15) is 29.1 Å². The van der Waals surface area contributed by atoms with Crippen molar-refractivity contribution in [3.8, 4) is 28.1 Å². The van der Waals surface area contributed by atoms with Crippen molar-refractivity contribution >= 4 is 40.5 Å². The fourth-order valence-electron chi connectivity index (χ4n) is 10.5. The highest BCUT2D eigenvalue weighted by Gasteiger charge is 2.41. The topological polar surface area (TPSA) is 198 Å². The summed E-state index contributed by atoms with van der Waals surface area (Å²) in [5.74, 6) is -2.51. The first-order valence-electron chi connectivity index (χ1n) is 24.3. The first kappa shape index (κ1) is 48.6. The van der Waals surface area contributed by atoms with Crippen LogP contribution in [0.3, 0.4) is 0 Å². The monoisotopic (exact) mass is 933 g/mol. The summed E-state index contributed by atoms with van der Waals surface area (Å²) in [6, 6.07) is 12.4. The van der Waals surface area contributed by atoms with E-state index in [1.807, 2.05) is 39.0 Å². The molecule has 2 aromatic heterocycles. The van der Waals surface area contributed by atoms with Crippen molar-refractivity contribution in [2.24, 2.45) is 17.3 Å². The SMILES string of the molecule is CCn1c(-c2cccnc2[C@H](C)OC)c2c3cc(ccc31)-c1cc(O)cc(c1)C[C@H](NC(=O)C(C(C)C)N(C)C(=O)[C@@H]1CCCN(C(=O)[C@H]3CN3)C1)C(=O)N1CCC[C@H](N1)C(=O)OCC(C)(C)C2. The molecule has 1 unspecified atom stereocenters. The van der Waals surface area contributed by atoms with Crippen LogP contribution in [0.1, 0.15) is 90.2 Å². The number of phenols is 1. The Hall–Kier alpha value is -5.84. The van der Waals surface area contributed by atoms with Crippen molar-refractivity contribution in [1.29, 1.82) is 0 Å². The molecule has 0 saturated carbocycles. The average Bonchev–Trinajstić information content (AvgIpc) is 4.14. The van der Waals surface area contributed by atoms with Crippen LogP contribution >= 0.6 is 0 Å². The second-order valence-electron chi connectivity index (χ2n) is 20.3. The molecule has 0 spiro atoms. The number of hydrazine groups is 1. The standard InChI is InChI=1S/C52H68N8O8/c1-9-59-43-17-16-33-25-38(43)39(46(59)37-14-10-18-53-44(37)31(4)67-8)26-52(5,6)29-68-51(66)40-15-12-20-60(56-40)50(65)41(23-32-21-35(33)24-36(61)22-32)55-47(62)45(30(2)3)57(7)48(63)34-13-11-19-58(28-34)49(64)42-27-54-42/h10,14,16-18,21-22,24-25,30-31,34,40-42,45,54,56,61H,9,11-13,15,19-20,23,26-29H2,1-8H3,(H,55,62)/t31-,34+,40-,41-,42+,45?/m0/s1. The number of cyclic esters (lactones) is 1. The molecule has 364 valence electrons. The van der Waals surface area contributed by atoms with Crippen LogP contribution in [0.2, 0.25) is 0 Å². The molecule has 8 rings (SSSR count). The van der Waals surface area contributed by atoms with Crippen LogP contribution in [0.25, 0.3) is 33.3 Å². The van der Waals surface area contributed by atoms with Crippen LogP contribution in [0.5, 0.6) is 5.75 Å². The Bertz CT molecular complexity index is 2570. The number of rotatable bonds is 10. The predicted octanol–water partition coefficient (Wildman–Crippen LogP) is 5.15. The summed E-state index contributed by atoms with van der Waals surface area (Å²) in [5, 5.41) is 19.8. The quantitative estimate of drug-likeness (QED) is 0.121. The van der Waals surface area contributed by atoms with Gasteiger partial charge in [0.25, 0.3) is 5.91 Å². The van der Waals surface area contributed by atoms with Crippen LogP contribution in [0.4, 0.5) is 0 Å². The molecule has 0 aliphatic carbocycles. The van der Waals surface area contributed by atoms with Crippen LogP contribution in [0, 0.1) is 17.3 Å². The molecular weight excluding hydrogens is 865 g/mol. The minimum absolute atomic E-state index is 0.00368. The number of pyridine rings is 1. The zero-order chi connectivity index (χ0) is 48.6. The number of methoxy groups -OCH3 is 1. The molecule has 4 amide bonds. The Morgan fingerprint density at radius 2 is 1.81 bits per heavy atom. The first-order chi connectivity index (χ1) is 32.5. The van der Waals surface area contributed by atoms with Gasteiger partial charge in [-0.05, 0) is 111 Å². The minimum atomic E-state index is -1.16. The zero-order valence-corrected chi connectivity index (χ0v) is 40.8. The lowest BCUT2D eigenvalue weighted by molar-refractivity contribution is -0.155. The van der Waals surface area contributed by atoms with Crippen molar-refractivity contribution in [3.63, 3.8) is 0 Å². The number of esters is 1. The van der Waals surface area contributed by atoms with Crippen LogP contribution in [-0.4, -0.2) is 130 Å². The van der Waals surface area contributed by atoms with Crippen molar-refractivity contribution in [3.05, 3.63) is 71.5 Å². The van der Waals surface area contributed by atoms with Gasteiger partial charge in [-0.15, -0.1) is 0 Å². The molecule has 4 aliphatic heterocycles. The lowest BCUT2D eigenvalue weighted by Gasteiger charge is -2.38. The molecule has 4 N–H and O–H groups in total. The number of benzene rings is 2. The fraction of sp³-hybridized carbons (Fsp3) is 0.538. The highest BCUT2D eigenvalue weighted by atomic mass is 16.5. The molecular formula is C52H68N8O8. The van der Waals surface area contributed by atoms with Crippen LogP contribution < -0.4 is 16.1 Å². The van der Waals surface area contributed by atoms with E-state index >= 15 is 0 Å². The maximum Gasteiger partial charge on any atom is 0.324 e. The minimum Gasteiger partial charge on any atom is -0.508 e. The number of hydrogen-bond acceptors (Lipinski definition) is 11. The van der Waals surface area contributed by atoms with E-state index < -0.39 is 47.2 Å². The van der Waals surface area contributed by atoms with E-state index in [-0.39, 0.29) is 61.7 Å². The summed E-state index contributed by atoms with van der Waals surface area (Å²) in [7, 11) is 3.29. The maximum atomic E-state index is 14.8. The molecule has 6 heterocycles. The van der Waals surface area contributed by atoms with Crippen molar-refractivity contribution < 1.29 is 38.6 Å². The number of aromatic hydroxyl groups is 1. The number of aryl methyl sites for hydroxylation is 1. The zero-order valence-electron chi connectivity index (χ0n) is 40.8. The normalized spacial score (nSPS) is 22.8. The highest BCUT2D eigenvalue weighted by molar-refractivity contribution is 5.96. The molecule has 4 aliphatic rings.